The molecule has 1 heterocycles. The molecule has 0 saturated heterocycles. The molecule has 7 nitrogen and oxygen atoms in total. The minimum absolute atomic E-state index is 0.195. The Morgan fingerprint density at radius 3 is 2.88 bits per heavy atom. The van der Waals surface area contributed by atoms with Gasteiger partial charge in [0, 0.05) is 6.54 Å². The molecule has 0 saturated carbocycles. The van der Waals surface area contributed by atoms with E-state index in [4.69, 9.17) is 10.5 Å². The fraction of sp³-hybridized carbons (Fsp3) is 0.353. The molecule has 0 aliphatic carbocycles. The fourth-order valence-corrected chi connectivity index (χ4v) is 2.09. The average Bonchev–Trinajstić information content (AvgIpc) is 2.59. The van der Waals surface area contributed by atoms with Crippen molar-refractivity contribution in [1.82, 2.24) is 9.97 Å². The molecule has 0 radical (unpaired) electrons. The standard InChI is InChI=1S/C17H22N4O3/c1-3-7-19-16-14(10-20-17(18)21-16)24-11-13-6-4-5-12(8-13)9-15(22)23-2/h4-6,8,10H,3,7,9,11H2,1-2H3,(H3,18,19,20,21). The van der Waals surface area contributed by atoms with E-state index < -0.39 is 0 Å². The highest BCUT2D eigenvalue weighted by atomic mass is 16.5. The smallest absolute Gasteiger partial charge is 0.309 e. The summed E-state index contributed by atoms with van der Waals surface area (Å²) in [5, 5.41) is 3.17. The molecule has 0 atom stereocenters. The third-order valence-corrected chi connectivity index (χ3v) is 3.28. The number of carbonyl (C=O) groups excluding carboxylic acids is 1. The zero-order chi connectivity index (χ0) is 17.4. The van der Waals surface area contributed by atoms with Crippen molar-refractivity contribution in [2.24, 2.45) is 0 Å². The summed E-state index contributed by atoms with van der Waals surface area (Å²) < 4.78 is 10.5. The predicted octanol–water partition coefficient (Wildman–Crippen LogP) is 2.18. The maximum absolute atomic E-state index is 11.4. The molecule has 24 heavy (non-hydrogen) atoms. The van der Waals surface area contributed by atoms with Crippen LogP contribution in [0.15, 0.2) is 30.5 Å². The van der Waals surface area contributed by atoms with Crippen LogP contribution in [-0.4, -0.2) is 29.6 Å². The van der Waals surface area contributed by atoms with Gasteiger partial charge in [0.1, 0.15) is 6.61 Å². The van der Waals surface area contributed by atoms with Crippen LogP contribution in [0.3, 0.4) is 0 Å². The number of hydrogen-bond acceptors (Lipinski definition) is 7. The monoisotopic (exact) mass is 330 g/mol. The minimum atomic E-state index is -0.272. The van der Waals surface area contributed by atoms with Crippen LogP contribution >= 0.6 is 0 Å². The lowest BCUT2D eigenvalue weighted by Crippen LogP contribution is -2.08. The van der Waals surface area contributed by atoms with Gasteiger partial charge < -0.3 is 20.5 Å². The molecule has 0 aliphatic rings. The molecule has 3 N–H and O–H groups in total. The SMILES string of the molecule is CCCNc1nc(N)ncc1OCc1cccc(CC(=O)OC)c1. The zero-order valence-corrected chi connectivity index (χ0v) is 13.9. The molecular weight excluding hydrogens is 308 g/mol. The first kappa shape index (κ1) is 17.5. The number of carbonyl (C=O) groups is 1. The summed E-state index contributed by atoms with van der Waals surface area (Å²) in [6.07, 6.45) is 2.75. The van der Waals surface area contributed by atoms with Gasteiger partial charge in [-0.15, -0.1) is 0 Å². The van der Waals surface area contributed by atoms with Crippen molar-refractivity contribution in [2.75, 3.05) is 24.7 Å². The molecule has 2 aromatic rings. The lowest BCUT2D eigenvalue weighted by molar-refractivity contribution is -0.139. The van der Waals surface area contributed by atoms with E-state index in [2.05, 4.69) is 26.9 Å². The Morgan fingerprint density at radius 2 is 2.12 bits per heavy atom. The van der Waals surface area contributed by atoms with Crippen LogP contribution in [0.4, 0.5) is 11.8 Å². The van der Waals surface area contributed by atoms with Crippen LogP contribution < -0.4 is 15.8 Å². The minimum Gasteiger partial charge on any atom is -0.483 e. The van der Waals surface area contributed by atoms with Gasteiger partial charge in [-0.05, 0) is 17.5 Å². The summed E-state index contributed by atoms with van der Waals surface area (Å²) in [5.74, 6) is 1.04. The molecule has 0 amide bonds. The average molecular weight is 330 g/mol. The molecule has 128 valence electrons. The zero-order valence-electron chi connectivity index (χ0n) is 13.9. The van der Waals surface area contributed by atoms with Crippen LogP contribution in [0.1, 0.15) is 24.5 Å². The highest BCUT2D eigenvalue weighted by Gasteiger charge is 2.08. The number of hydrogen-bond donors (Lipinski definition) is 2. The lowest BCUT2D eigenvalue weighted by atomic mass is 10.1. The first-order valence-electron chi connectivity index (χ1n) is 7.76. The Hall–Kier alpha value is -2.83. The second-order valence-corrected chi connectivity index (χ2v) is 5.23. The molecule has 2 rings (SSSR count). The Morgan fingerprint density at radius 1 is 1.33 bits per heavy atom. The van der Waals surface area contributed by atoms with E-state index in [-0.39, 0.29) is 18.3 Å². The number of nitrogens with one attached hydrogen (secondary N) is 1. The number of nitrogens with two attached hydrogens (primary N) is 1. The normalized spacial score (nSPS) is 10.2. The van der Waals surface area contributed by atoms with Gasteiger partial charge in [0.25, 0.3) is 0 Å². The number of nitrogens with zero attached hydrogens (tertiary/aromatic N) is 2. The number of rotatable bonds is 8. The Labute approximate surface area is 141 Å². The van der Waals surface area contributed by atoms with Crippen LogP contribution in [0.2, 0.25) is 0 Å². The van der Waals surface area contributed by atoms with Crippen LogP contribution in [0, 0.1) is 0 Å². The van der Waals surface area contributed by atoms with Crippen molar-refractivity contribution in [3.8, 4) is 5.75 Å². The molecule has 1 aromatic carbocycles. The molecular formula is C17H22N4O3. The number of nitrogen functional groups attached to an aromatic ring is 1. The molecule has 0 unspecified atom stereocenters. The molecule has 0 fully saturated rings. The van der Waals surface area contributed by atoms with Crippen molar-refractivity contribution < 1.29 is 14.3 Å². The van der Waals surface area contributed by atoms with Gasteiger partial charge in [-0.25, -0.2) is 4.98 Å². The maximum atomic E-state index is 11.4. The second-order valence-electron chi connectivity index (χ2n) is 5.23. The summed E-state index contributed by atoms with van der Waals surface area (Å²) in [6.45, 7) is 3.16. The van der Waals surface area contributed by atoms with Crippen molar-refractivity contribution >= 4 is 17.7 Å². The van der Waals surface area contributed by atoms with Gasteiger partial charge >= 0.3 is 5.97 Å². The summed E-state index contributed by atoms with van der Waals surface area (Å²) in [4.78, 5) is 19.5. The number of esters is 1. The van der Waals surface area contributed by atoms with Gasteiger partial charge in [0.15, 0.2) is 11.6 Å². The van der Waals surface area contributed by atoms with Crippen LogP contribution in [-0.2, 0) is 22.6 Å². The van der Waals surface area contributed by atoms with E-state index in [0.29, 0.717) is 18.2 Å². The largest absolute Gasteiger partial charge is 0.483 e. The van der Waals surface area contributed by atoms with Gasteiger partial charge in [-0.1, -0.05) is 31.2 Å². The van der Waals surface area contributed by atoms with Crippen molar-refractivity contribution in [2.45, 2.75) is 26.4 Å². The molecule has 0 aliphatic heterocycles. The predicted molar refractivity (Wildman–Crippen MR) is 91.7 cm³/mol. The highest BCUT2D eigenvalue weighted by Crippen LogP contribution is 2.23. The second kappa shape index (κ2) is 8.71. The summed E-state index contributed by atoms with van der Waals surface area (Å²) in [5.41, 5.74) is 7.44. The number of ether oxygens (including phenoxy) is 2. The Bertz CT molecular complexity index is 691. The highest BCUT2D eigenvalue weighted by molar-refractivity contribution is 5.72. The van der Waals surface area contributed by atoms with E-state index in [0.717, 1.165) is 24.1 Å². The molecule has 0 bridgehead atoms. The summed E-state index contributed by atoms with van der Waals surface area (Å²) in [6, 6.07) is 7.60. The van der Waals surface area contributed by atoms with E-state index >= 15 is 0 Å². The molecule has 7 heteroatoms. The number of aromatic nitrogens is 2. The molecule has 1 aromatic heterocycles. The summed E-state index contributed by atoms with van der Waals surface area (Å²) in [7, 11) is 1.38. The number of methoxy groups -OCH3 is 1. The fourth-order valence-electron chi connectivity index (χ4n) is 2.09. The van der Waals surface area contributed by atoms with Gasteiger partial charge in [-0.3, -0.25) is 4.79 Å². The van der Waals surface area contributed by atoms with E-state index in [1.807, 2.05) is 24.3 Å². The maximum Gasteiger partial charge on any atom is 0.309 e. The van der Waals surface area contributed by atoms with Gasteiger partial charge in [0.2, 0.25) is 5.95 Å². The van der Waals surface area contributed by atoms with Crippen molar-refractivity contribution in [3.63, 3.8) is 0 Å². The topological polar surface area (TPSA) is 99.4 Å². The number of benzene rings is 1. The first-order valence-corrected chi connectivity index (χ1v) is 7.76. The van der Waals surface area contributed by atoms with Gasteiger partial charge in [-0.2, -0.15) is 4.98 Å². The Kier molecular flexibility index (Phi) is 6.36. The van der Waals surface area contributed by atoms with Crippen LogP contribution in [0.5, 0.6) is 5.75 Å². The lowest BCUT2D eigenvalue weighted by Gasteiger charge is -2.12. The van der Waals surface area contributed by atoms with E-state index in [9.17, 15) is 4.79 Å². The molecule has 0 spiro atoms. The first-order chi connectivity index (χ1) is 11.6. The number of anilines is 2. The van der Waals surface area contributed by atoms with Crippen molar-refractivity contribution in [1.29, 1.82) is 0 Å². The quantitative estimate of drug-likeness (QED) is 0.716. The Balaban J connectivity index is 2.05. The van der Waals surface area contributed by atoms with E-state index in [1.165, 1.54) is 7.11 Å². The van der Waals surface area contributed by atoms with Gasteiger partial charge in [0.05, 0.1) is 19.7 Å². The summed E-state index contributed by atoms with van der Waals surface area (Å²) >= 11 is 0. The van der Waals surface area contributed by atoms with E-state index in [1.54, 1.807) is 6.20 Å². The van der Waals surface area contributed by atoms with Crippen molar-refractivity contribution in [3.05, 3.63) is 41.6 Å². The van der Waals surface area contributed by atoms with Crippen LogP contribution in [0.25, 0.3) is 0 Å². The third-order valence-electron chi connectivity index (χ3n) is 3.28. The third kappa shape index (κ3) is 5.12.